The Labute approximate surface area is 124 Å². The number of nitrogens with zero attached hydrogens (tertiary/aromatic N) is 2. The van der Waals surface area contributed by atoms with E-state index in [9.17, 15) is 0 Å². The number of hydrogen-bond acceptors (Lipinski definition) is 3. The van der Waals surface area contributed by atoms with E-state index >= 15 is 0 Å². The van der Waals surface area contributed by atoms with Crippen LogP contribution < -0.4 is 10.6 Å². The molecule has 1 saturated heterocycles. The first-order valence-corrected chi connectivity index (χ1v) is 7.74. The minimum atomic E-state index is 0.0802. The van der Waals surface area contributed by atoms with E-state index in [-0.39, 0.29) is 6.04 Å². The molecule has 1 aromatic carbocycles. The summed E-state index contributed by atoms with van der Waals surface area (Å²) >= 11 is 3.67. The molecule has 0 radical (unpaired) electrons. The quantitative estimate of drug-likeness (QED) is 0.923. The van der Waals surface area contributed by atoms with Crippen LogP contribution in [0.3, 0.4) is 0 Å². The van der Waals surface area contributed by atoms with Gasteiger partial charge in [-0.15, -0.1) is 0 Å². The maximum atomic E-state index is 5.92. The molecule has 2 atom stereocenters. The Morgan fingerprint density at radius 3 is 2.79 bits per heavy atom. The van der Waals surface area contributed by atoms with Gasteiger partial charge in [0.15, 0.2) is 0 Å². The summed E-state index contributed by atoms with van der Waals surface area (Å²) in [6.45, 7) is 4.31. The molecule has 1 aliphatic rings. The largest absolute Gasteiger partial charge is 0.372 e. The highest BCUT2D eigenvalue weighted by molar-refractivity contribution is 9.10. The molecule has 2 rings (SSSR count). The second-order valence-corrected chi connectivity index (χ2v) is 6.51. The SMILES string of the molecule is CC(N)c1ccc(N(C)CC2CCCN2C)c(Br)c1. The van der Waals surface area contributed by atoms with Crippen molar-refractivity contribution in [3.63, 3.8) is 0 Å². The number of benzene rings is 1. The standard InChI is InChI=1S/C15H24BrN3/c1-11(17)12-6-7-15(14(16)9-12)19(3)10-13-5-4-8-18(13)2/h6-7,9,11,13H,4-5,8,10,17H2,1-3H3. The molecule has 1 aromatic rings. The molecule has 1 fully saturated rings. The third-order valence-electron chi connectivity index (χ3n) is 4.06. The van der Waals surface area contributed by atoms with Crippen LogP contribution >= 0.6 is 15.9 Å². The number of nitrogens with two attached hydrogens (primary N) is 1. The van der Waals surface area contributed by atoms with E-state index in [0.717, 1.165) is 11.0 Å². The lowest BCUT2D eigenvalue weighted by molar-refractivity contribution is 0.314. The maximum Gasteiger partial charge on any atom is 0.0508 e. The van der Waals surface area contributed by atoms with Crippen LogP contribution in [0.15, 0.2) is 22.7 Å². The van der Waals surface area contributed by atoms with Crippen molar-refractivity contribution in [1.82, 2.24) is 4.90 Å². The number of halogens is 1. The van der Waals surface area contributed by atoms with Crippen molar-refractivity contribution >= 4 is 21.6 Å². The van der Waals surface area contributed by atoms with Crippen LogP contribution in [0.4, 0.5) is 5.69 Å². The summed E-state index contributed by atoms with van der Waals surface area (Å²) in [6.07, 6.45) is 2.62. The first-order valence-electron chi connectivity index (χ1n) is 6.95. The Morgan fingerprint density at radius 2 is 2.26 bits per heavy atom. The average Bonchev–Trinajstić information content (AvgIpc) is 2.74. The summed E-state index contributed by atoms with van der Waals surface area (Å²) in [6, 6.07) is 7.17. The first kappa shape index (κ1) is 14.8. The smallest absolute Gasteiger partial charge is 0.0508 e. The van der Waals surface area contributed by atoms with E-state index in [4.69, 9.17) is 5.73 Å². The fourth-order valence-electron chi connectivity index (χ4n) is 2.74. The molecule has 1 heterocycles. The van der Waals surface area contributed by atoms with Gasteiger partial charge in [0.1, 0.15) is 0 Å². The number of hydrogen-bond donors (Lipinski definition) is 1. The van der Waals surface area contributed by atoms with Crippen LogP contribution in [0.2, 0.25) is 0 Å². The molecule has 0 amide bonds. The second kappa shape index (κ2) is 6.25. The third kappa shape index (κ3) is 3.50. The van der Waals surface area contributed by atoms with Gasteiger partial charge in [-0.05, 0) is 67.0 Å². The summed E-state index contributed by atoms with van der Waals surface area (Å²) in [4.78, 5) is 4.79. The van der Waals surface area contributed by atoms with Crippen LogP contribution in [-0.2, 0) is 0 Å². The van der Waals surface area contributed by atoms with Gasteiger partial charge in [-0.1, -0.05) is 6.07 Å². The molecule has 0 aromatic heterocycles. The number of rotatable bonds is 4. The molecule has 2 N–H and O–H groups in total. The molecule has 0 saturated carbocycles. The van der Waals surface area contributed by atoms with Gasteiger partial charge in [-0.2, -0.15) is 0 Å². The van der Waals surface area contributed by atoms with Crippen molar-refractivity contribution < 1.29 is 0 Å². The summed E-state index contributed by atoms with van der Waals surface area (Å²) in [5, 5.41) is 0. The van der Waals surface area contributed by atoms with Gasteiger partial charge >= 0.3 is 0 Å². The zero-order valence-electron chi connectivity index (χ0n) is 12.1. The number of likely N-dealkylation sites (tertiary alicyclic amines) is 1. The highest BCUT2D eigenvalue weighted by Gasteiger charge is 2.22. The highest BCUT2D eigenvalue weighted by Crippen LogP contribution is 2.29. The summed E-state index contributed by atoms with van der Waals surface area (Å²) in [5.74, 6) is 0. The minimum absolute atomic E-state index is 0.0802. The second-order valence-electron chi connectivity index (χ2n) is 5.66. The van der Waals surface area contributed by atoms with Crippen LogP contribution in [0.25, 0.3) is 0 Å². The fraction of sp³-hybridized carbons (Fsp3) is 0.600. The minimum Gasteiger partial charge on any atom is -0.372 e. The van der Waals surface area contributed by atoms with E-state index in [1.54, 1.807) is 0 Å². The van der Waals surface area contributed by atoms with E-state index in [0.29, 0.717) is 6.04 Å². The molecule has 19 heavy (non-hydrogen) atoms. The topological polar surface area (TPSA) is 32.5 Å². The van der Waals surface area contributed by atoms with Gasteiger partial charge < -0.3 is 15.5 Å². The van der Waals surface area contributed by atoms with Gasteiger partial charge in [-0.3, -0.25) is 0 Å². The number of anilines is 1. The van der Waals surface area contributed by atoms with Crippen molar-refractivity contribution in [3.8, 4) is 0 Å². The molecule has 0 spiro atoms. The summed E-state index contributed by atoms with van der Waals surface area (Å²) < 4.78 is 1.13. The van der Waals surface area contributed by atoms with Crippen molar-refractivity contribution in [2.45, 2.75) is 31.8 Å². The average molecular weight is 326 g/mol. The highest BCUT2D eigenvalue weighted by atomic mass is 79.9. The van der Waals surface area contributed by atoms with Gasteiger partial charge in [0.2, 0.25) is 0 Å². The first-order chi connectivity index (χ1) is 8.99. The molecular formula is C15H24BrN3. The maximum absolute atomic E-state index is 5.92. The normalized spacial score (nSPS) is 21.6. The lowest BCUT2D eigenvalue weighted by atomic mass is 10.1. The molecule has 0 aliphatic carbocycles. The lowest BCUT2D eigenvalue weighted by Crippen LogP contribution is -2.36. The van der Waals surface area contributed by atoms with Crippen molar-refractivity contribution in [2.24, 2.45) is 5.73 Å². The van der Waals surface area contributed by atoms with Crippen molar-refractivity contribution in [1.29, 1.82) is 0 Å². The fourth-order valence-corrected chi connectivity index (χ4v) is 3.44. The molecule has 3 nitrogen and oxygen atoms in total. The molecule has 0 bridgehead atoms. The molecule has 4 heteroatoms. The van der Waals surface area contributed by atoms with E-state index in [1.807, 2.05) is 6.92 Å². The van der Waals surface area contributed by atoms with E-state index < -0.39 is 0 Å². The lowest BCUT2D eigenvalue weighted by Gasteiger charge is -2.28. The Bertz CT molecular complexity index is 433. The number of likely N-dealkylation sites (N-methyl/N-ethyl adjacent to an activating group) is 2. The van der Waals surface area contributed by atoms with E-state index in [2.05, 4.69) is 58.0 Å². The van der Waals surface area contributed by atoms with Gasteiger partial charge in [-0.25, -0.2) is 0 Å². The Morgan fingerprint density at radius 1 is 1.53 bits per heavy atom. The zero-order valence-corrected chi connectivity index (χ0v) is 13.7. The Kier molecular flexibility index (Phi) is 4.87. The molecular weight excluding hydrogens is 302 g/mol. The molecule has 2 unspecified atom stereocenters. The predicted molar refractivity (Wildman–Crippen MR) is 85.7 cm³/mol. The third-order valence-corrected chi connectivity index (χ3v) is 4.70. The summed E-state index contributed by atoms with van der Waals surface area (Å²) in [5.41, 5.74) is 8.33. The van der Waals surface area contributed by atoms with Crippen molar-refractivity contribution in [3.05, 3.63) is 28.2 Å². The molecule has 1 aliphatic heterocycles. The van der Waals surface area contributed by atoms with Gasteiger partial charge in [0, 0.05) is 30.1 Å². The van der Waals surface area contributed by atoms with Crippen LogP contribution in [-0.4, -0.2) is 38.1 Å². The van der Waals surface area contributed by atoms with Gasteiger partial charge in [0.25, 0.3) is 0 Å². The van der Waals surface area contributed by atoms with Crippen LogP contribution in [0.1, 0.15) is 31.4 Å². The summed E-state index contributed by atoms with van der Waals surface area (Å²) in [7, 11) is 4.39. The molecule has 106 valence electrons. The van der Waals surface area contributed by atoms with Gasteiger partial charge in [0.05, 0.1) is 5.69 Å². The Balaban J connectivity index is 2.08. The van der Waals surface area contributed by atoms with E-state index in [1.165, 1.54) is 30.6 Å². The van der Waals surface area contributed by atoms with Crippen LogP contribution in [0.5, 0.6) is 0 Å². The Hall–Kier alpha value is -0.580. The zero-order chi connectivity index (χ0) is 14.0. The predicted octanol–water partition coefficient (Wildman–Crippen LogP) is 3.00. The van der Waals surface area contributed by atoms with Crippen molar-refractivity contribution in [2.75, 3.05) is 32.1 Å². The monoisotopic (exact) mass is 325 g/mol. The van der Waals surface area contributed by atoms with Crippen LogP contribution in [0, 0.1) is 0 Å².